The number of hydrogen-bond donors (Lipinski definition) is 1. The monoisotopic (exact) mass is 379 g/mol. The average molecular weight is 379 g/mol. The van der Waals surface area contributed by atoms with Crippen molar-refractivity contribution < 1.29 is 9.13 Å². The van der Waals surface area contributed by atoms with Crippen LogP contribution in [0.4, 0.5) is 10.3 Å². The van der Waals surface area contributed by atoms with Gasteiger partial charge in [-0.15, -0.1) is 10.2 Å². The summed E-state index contributed by atoms with van der Waals surface area (Å²) in [4.78, 5) is 8.85. The van der Waals surface area contributed by atoms with Gasteiger partial charge < -0.3 is 14.6 Å². The second-order valence-electron chi connectivity index (χ2n) is 6.72. The molecule has 0 atom stereocenters. The minimum Gasteiger partial charge on any atom is -0.493 e. The third kappa shape index (κ3) is 2.50. The van der Waals surface area contributed by atoms with Gasteiger partial charge in [0.25, 0.3) is 0 Å². The van der Waals surface area contributed by atoms with E-state index in [1.807, 2.05) is 18.5 Å². The van der Waals surface area contributed by atoms with E-state index in [1.54, 1.807) is 29.2 Å². The summed E-state index contributed by atoms with van der Waals surface area (Å²) < 4.78 is 23.6. The van der Waals surface area contributed by atoms with Crippen LogP contribution in [-0.4, -0.2) is 35.7 Å². The molecule has 4 heterocycles. The highest BCUT2D eigenvalue weighted by atomic mass is 19.1. The van der Waals surface area contributed by atoms with Crippen LogP contribution in [0.5, 0.6) is 5.75 Å². The predicted octanol–water partition coefficient (Wildman–Crippen LogP) is 2.52. The van der Waals surface area contributed by atoms with Gasteiger partial charge in [0, 0.05) is 37.3 Å². The van der Waals surface area contributed by atoms with E-state index < -0.39 is 0 Å². The zero-order chi connectivity index (χ0) is 19.3. The lowest BCUT2D eigenvalue weighted by atomic mass is 10.0. The fourth-order valence-electron chi connectivity index (χ4n) is 3.56. The molecule has 142 valence electrons. The molecule has 8 nitrogen and oxygen atoms in total. The molecule has 0 amide bonds. The van der Waals surface area contributed by atoms with Gasteiger partial charge in [0.2, 0.25) is 5.95 Å². The van der Waals surface area contributed by atoms with Crippen LogP contribution >= 0.6 is 0 Å². The Morgan fingerprint density at radius 1 is 1.25 bits per heavy atom. The second-order valence-corrected chi connectivity index (χ2v) is 6.72. The zero-order valence-corrected chi connectivity index (χ0v) is 15.5. The highest BCUT2D eigenvalue weighted by Gasteiger charge is 2.20. The molecular weight excluding hydrogens is 361 g/mol. The Morgan fingerprint density at radius 3 is 2.96 bits per heavy atom. The lowest BCUT2D eigenvalue weighted by molar-refractivity contribution is 0.356. The van der Waals surface area contributed by atoms with Gasteiger partial charge >= 0.3 is 0 Å². The summed E-state index contributed by atoms with van der Waals surface area (Å²) in [6.45, 7) is 2.81. The molecule has 1 aliphatic rings. The second kappa shape index (κ2) is 6.29. The Morgan fingerprint density at radius 2 is 2.14 bits per heavy atom. The molecule has 3 aromatic heterocycles. The summed E-state index contributed by atoms with van der Waals surface area (Å²) in [5.74, 6) is 1.94. The first-order valence-corrected chi connectivity index (χ1v) is 8.98. The van der Waals surface area contributed by atoms with Crippen molar-refractivity contribution in [3.63, 3.8) is 0 Å². The lowest BCUT2D eigenvalue weighted by Gasteiger charge is -2.12. The highest BCUT2D eigenvalue weighted by molar-refractivity contribution is 5.75. The third-order valence-electron chi connectivity index (χ3n) is 5.19. The zero-order valence-electron chi connectivity index (χ0n) is 15.5. The molecule has 9 heteroatoms. The van der Waals surface area contributed by atoms with E-state index in [9.17, 15) is 4.39 Å². The van der Waals surface area contributed by atoms with Gasteiger partial charge in [0.1, 0.15) is 23.7 Å². The summed E-state index contributed by atoms with van der Waals surface area (Å²) in [6.07, 6.45) is 5.82. The summed E-state index contributed by atoms with van der Waals surface area (Å²) in [7, 11) is 1.94. The molecule has 0 fully saturated rings. The number of imidazole rings is 1. The number of aryl methyl sites for hydroxylation is 1. The van der Waals surface area contributed by atoms with Gasteiger partial charge in [-0.25, -0.2) is 14.4 Å². The van der Waals surface area contributed by atoms with E-state index >= 15 is 0 Å². The molecule has 0 radical (unpaired) electrons. The Bertz CT molecular complexity index is 1200. The van der Waals surface area contributed by atoms with Gasteiger partial charge in [-0.3, -0.25) is 4.40 Å². The van der Waals surface area contributed by atoms with E-state index in [-0.39, 0.29) is 5.82 Å². The van der Waals surface area contributed by atoms with E-state index in [2.05, 4.69) is 25.5 Å². The Hall–Kier alpha value is -3.49. The molecule has 0 unspecified atom stereocenters. The van der Waals surface area contributed by atoms with Crippen LogP contribution in [0.1, 0.15) is 17.0 Å². The Labute approximate surface area is 160 Å². The van der Waals surface area contributed by atoms with Crippen LogP contribution in [0.2, 0.25) is 0 Å². The fourth-order valence-corrected chi connectivity index (χ4v) is 3.56. The summed E-state index contributed by atoms with van der Waals surface area (Å²) in [6, 6.07) is 3.12. The summed E-state index contributed by atoms with van der Waals surface area (Å²) in [5, 5.41) is 11.5. The maximum absolute atomic E-state index is 14.4. The molecule has 28 heavy (non-hydrogen) atoms. The first kappa shape index (κ1) is 16.7. The largest absolute Gasteiger partial charge is 0.493 e. The average Bonchev–Trinajstić information content (AvgIpc) is 3.42. The SMILES string of the molecule is Cc1ncc(-c2cnc(NCc3c(F)ccc4c3CCO4)n3cnnc23)n1C. The maximum Gasteiger partial charge on any atom is 0.210 e. The standard InChI is InChI=1S/C19H18FN7O/c1-11-21-9-16(26(11)2)14-8-23-19(27-10-24-25-18(14)27)22-7-13-12-5-6-28-17(12)4-3-15(13)20/h3-4,8-10H,5-7H2,1-2H3,(H,22,23). The van der Waals surface area contributed by atoms with Gasteiger partial charge in [-0.05, 0) is 19.1 Å². The maximum atomic E-state index is 14.4. The van der Waals surface area contributed by atoms with E-state index in [0.29, 0.717) is 36.7 Å². The van der Waals surface area contributed by atoms with Gasteiger partial charge in [0.05, 0.1) is 24.1 Å². The van der Waals surface area contributed by atoms with Crippen molar-refractivity contribution in [1.82, 2.24) is 29.1 Å². The number of nitrogens with one attached hydrogen (secondary N) is 1. The number of aromatic nitrogens is 6. The molecule has 5 rings (SSSR count). The molecule has 0 spiro atoms. The summed E-state index contributed by atoms with van der Waals surface area (Å²) in [5.41, 5.74) is 3.89. The highest BCUT2D eigenvalue weighted by Crippen LogP contribution is 2.31. The number of ether oxygens (including phenoxy) is 1. The molecular formula is C19H18FN7O. The minimum absolute atomic E-state index is 0.251. The smallest absolute Gasteiger partial charge is 0.210 e. The Kier molecular flexibility index (Phi) is 3.75. The number of rotatable bonds is 4. The van der Waals surface area contributed by atoms with Crippen molar-refractivity contribution in [3.05, 3.63) is 53.6 Å². The lowest BCUT2D eigenvalue weighted by Crippen LogP contribution is -2.10. The molecule has 4 aromatic rings. The number of anilines is 1. The topological polar surface area (TPSA) is 82.2 Å². The van der Waals surface area contributed by atoms with E-state index in [1.165, 1.54) is 6.07 Å². The number of nitrogens with zero attached hydrogens (tertiary/aromatic N) is 6. The number of fused-ring (bicyclic) bond motifs is 2. The first-order valence-electron chi connectivity index (χ1n) is 8.98. The predicted molar refractivity (Wildman–Crippen MR) is 101 cm³/mol. The molecule has 1 N–H and O–H groups in total. The van der Waals surface area contributed by atoms with Crippen LogP contribution < -0.4 is 10.1 Å². The van der Waals surface area contributed by atoms with Crippen molar-refractivity contribution in [2.24, 2.45) is 7.05 Å². The molecule has 0 saturated heterocycles. The fraction of sp³-hybridized carbons (Fsp3) is 0.263. The number of hydrogen-bond acceptors (Lipinski definition) is 6. The third-order valence-corrected chi connectivity index (χ3v) is 5.19. The van der Waals surface area contributed by atoms with Crippen molar-refractivity contribution >= 4 is 11.6 Å². The van der Waals surface area contributed by atoms with E-state index in [0.717, 1.165) is 28.4 Å². The van der Waals surface area contributed by atoms with E-state index in [4.69, 9.17) is 4.74 Å². The number of benzene rings is 1. The Balaban J connectivity index is 1.51. The van der Waals surface area contributed by atoms with Crippen LogP contribution in [0.15, 0.2) is 30.9 Å². The number of halogens is 1. The van der Waals surface area contributed by atoms with Crippen LogP contribution in [0.25, 0.3) is 16.9 Å². The first-order chi connectivity index (χ1) is 13.6. The quantitative estimate of drug-likeness (QED) is 0.587. The van der Waals surface area contributed by atoms with Crippen molar-refractivity contribution in [3.8, 4) is 17.0 Å². The summed E-state index contributed by atoms with van der Waals surface area (Å²) >= 11 is 0. The molecule has 0 aliphatic carbocycles. The van der Waals surface area contributed by atoms with Crippen molar-refractivity contribution in [2.75, 3.05) is 11.9 Å². The minimum atomic E-state index is -0.251. The normalized spacial score (nSPS) is 13.0. The molecule has 0 saturated carbocycles. The van der Waals surface area contributed by atoms with Gasteiger partial charge in [-0.2, -0.15) is 0 Å². The van der Waals surface area contributed by atoms with Crippen molar-refractivity contribution in [1.29, 1.82) is 0 Å². The molecule has 1 aromatic carbocycles. The van der Waals surface area contributed by atoms with Gasteiger partial charge in [0.15, 0.2) is 5.65 Å². The van der Waals surface area contributed by atoms with Gasteiger partial charge in [-0.1, -0.05) is 0 Å². The van der Waals surface area contributed by atoms with Crippen LogP contribution in [0.3, 0.4) is 0 Å². The molecule has 1 aliphatic heterocycles. The van der Waals surface area contributed by atoms with Crippen LogP contribution in [-0.2, 0) is 20.0 Å². The molecule has 0 bridgehead atoms. The van der Waals surface area contributed by atoms with Crippen LogP contribution in [0, 0.1) is 12.7 Å². The van der Waals surface area contributed by atoms with Crippen molar-refractivity contribution in [2.45, 2.75) is 19.9 Å².